The van der Waals surface area contributed by atoms with Crippen LogP contribution in [0.5, 0.6) is 5.75 Å². The summed E-state index contributed by atoms with van der Waals surface area (Å²) in [4.78, 5) is 30.3. The molecule has 0 atom stereocenters. The highest BCUT2D eigenvalue weighted by Crippen LogP contribution is 2.39. The highest BCUT2D eigenvalue weighted by atomic mass is 79.9. The van der Waals surface area contributed by atoms with Gasteiger partial charge in [0.15, 0.2) is 0 Å². The summed E-state index contributed by atoms with van der Waals surface area (Å²) in [6.45, 7) is 2.27. The van der Waals surface area contributed by atoms with Crippen molar-refractivity contribution in [2.24, 2.45) is 5.41 Å². The first-order valence-electron chi connectivity index (χ1n) is 11.5. The molecule has 0 aliphatic carbocycles. The molecule has 2 aromatic carbocycles. The van der Waals surface area contributed by atoms with E-state index >= 15 is 0 Å². The Bertz CT molecular complexity index is 969. The lowest BCUT2D eigenvalue weighted by Crippen LogP contribution is -2.51. The van der Waals surface area contributed by atoms with Gasteiger partial charge in [-0.3, -0.25) is 9.59 Å². The number of hydrogen-bond donors (Lipinski definition) is 0. The summed E-state index contributed by atoms with van der Waals surface area (Å²) in [5.74, 6) is 1.16. The van der Waals surface area contributed by atoms with E-state index in [9.17, 15) is 9.59 Å². The molecule has 0 N–H and O–H groups in total. The van der Waals surface area contributed by atoms with Gasteiger partial charge in [0.1, 0.15) is 12.4 Å². The van der Waals surface area contributed by atoms with Crippen LogP contribution in [0.3, 0.4) is 0 Å². The van der Waals surface area contributed by atoms with Crippen molar-refractivity contribution in [2.45, 2.75) is 38.5 Å². The van der Waals surface area contributed by atoms with E-state index in [4.69, 9.17) is 4.74 Å². The third-order valence-electron chi connectivity index (χ3n) is 6.92. The third kappa shape index (κ3) is 4.85. The SMILES string of the molecule is CN1CCOc2ccccc2CCCCC2(CCN(C(=O)c3ccccc3Br)CC2)C1=O. The van der Waals surface area contributed by atoms with Crippen LogP contribution >= 0.6 is 15.9 Å². The van der Waals surface area contributed by atoms with E-state index in [0.29, 0.717) is 44.6 Å². The summed E-state index contributed by atoms with van der Waals surface area (Å²) < 4.78 is 6.82. The van der Waals surface area contributed by atoms with Gasteiger partial charge in [-0.15, -0.1) is 0 Å². The first-order valence-corrected chi connectivity index (χ1v) is 12.3. The maximum atomic E-state index is 13.5. The summed E-state index contributed by atoms with van der Waals surface area (Å²) in [6, 6.07) is 15.7. The van der Waals surface area contributed by atoms with Gasteiger partial charge in [-0.05, 0) is 71.8 Å². The number of benzene rings is 2. The number of halogens is 1. The molecule has 1 fully saturated rings. The monoisotopic (exact) mass is 498 g/mol. The van der Waals surface area contributed by atoms with E-state index in [2.05, 4.69) is 28.1 Å². The number of likely N-dealkylation sites (tertiary alicyclic amines) is 1. The Kier molecular flexibility index (Phi) is 7.19. The standard InChI is InChI=1S/C26H31BrN2O3/c1-28-18-19-32-23-12-5-2-8-20(23)9-6-7-13-26(25(28)31)14-16-29(17-15-26)24(30)21-10-3-4-11-22(21)27/h2-5,8,10-12H,6-7,9,13-19H2,1H3. The number of para-hydroxylation sites is 1. The predicted molar refractivity (Wildman–Crippen MR) is 129 cm³/mol. The first-order chi connectivity index (χ1) is 15.5. The minimum atomic E-state index is -0.391. The van der Waals surface area contributed by atoms with Crippen molar-refractivity contribution in [3.05, 3.63) is 64.1 Å². The fourth-order valence-corrected chi connectivity index (χ4v) is 5.40. The van der Waals surface area contributed by atoms with E-state index in [0.717, 1.165) is 35.9 Å². The normalized spacial score (nSPS) is 19.5. The molecule has 2 aromatic rings. The van der Waals surface area contributed by atoms with Gasteiger partial charge in [-0.1, -0.05) is 36.8 Å². The number of amides is 2. The van der Waals surface area contributed by atoms with E-state index in [-0.39, 0.29) is 11.8 Å². The van der Waals surface area contributed by atoms with E-state index in [1.54, 1.807) is 0 Å². The number of fused-ring (bicyclic) bond motifs is 1. The Hall–Kier alpha value is -2.34. The number of likely N-dealkylation sites (N-methyl/N-ethyl adjacent to an activating group) is 1. The van der Waals surface area contributed by atoms with Gasteiger partial charge in [0.25, 0.3) is 5.91 Å². The van der Waals surface area contributed by atoms with Crippen molar-refractivity contribution in [2.75, 3.05) is 33.3 Å². The van der Waals surface area contributed by atoms with Crippen LogP contribution in [0, 0.1) is 5.41 Å². The van der Waals surface area contributed by atoms with Crippen LogP contribution in [0.2, 0.25) is 0 Å². The van der Waals surface area contributed by atoms with Crippen LogP contribution in [0.25, 0.3) is 0 Å². The fourth-order valence-electron chi connectivity index (χ4n) is 4.94. The van der Waals surface area contributed by atoms with E-state index < -0.39 is 5.41 Å². The summed E-state index contributed by atoms with van der Waals surface area (Å²) in [5, 5.41) is 0. The molecule has 2 amide bonds. The van der Waals surface area contributed by atoms with Crippen molar-refractivity contribution >= 4 is 27.7 Å². The lowest BCUT2D eigenvalue weighted by molar-refractivity contribution is -0.144. The van der Waals surface area contributed by atoms with Gasteiger partial charge in [0.05, 0.1) is 17.5 Å². The largest absolute Gasteiger partial charge is 0.491 e. The molecule has 2 heterocycles. The van der Waals surface area contributed by atoms with Crippen molar-refractivity contribution in [3.8, 4) is 5.75 Å². The molecule has 5 nitrogen and oxygen atoms in total. The highest BCUT2D eigenvalue weighted by Gasteiger charge is 2.43. The number of carbonyl (C=O) groups is 2. The molecule has 0 saturated carbocycles. The molecule has 0 aromatic heterocycles. The van der Waals surface area contributed by atoms with Crippen molar-refractivity contribution in [3.63, 3.8) is 0 Å². The Morgan fingerprint density at radius 1 is 0.969 bits per heavy atom. The highest BCUT2D eigenvalue weighted by molar-refractivity contribution is 9.10. The first kappa shape index (κ1) is 22.8. The maximum absolute atomic E-state index is 13.5. The van der Waals surface area contributed by atoms with Gasteiger partial charge < -0.3 is 14.5 Å². The number of aryl methyl sites for hydroxylation is 1. The molecule has 0 unspecified atom stereocenters. The minimum Gasteiger partial charge on any atom is -0.491 e. The zero-order valence-electron chi connectivity index (χ0n) is 18.7. The molecule has 2 aliphatic heterocycles. The molecule has 32 heavy (non-hydrogen) atoms. The van der Waals surface area contributed by atoms with E-state index in [1.165, 1.54) is 5.56 Å². The summed E-state index contributed by atoms with van der Waals surface area (Å²) in [7, 11) is 1.88. The fraction of sp³-hybridized carbons (Fsp3) is 0.462. The van der Waals surface area contributed by atoms with Gasteiger partial charge in [-0.2, -0.15) is 0 Å². The molecule has 0 radical (unpaired) electrons. The second-order valence-corrected chi connectivity index (χ2v) is 9.80. The summed E-state index contributed by atoms with van der Waals surface area (Å²) >= 11 is 3.49. The number of rotatable bonds is 1. The van der Waals surface area contributed by atoms with Crippen LogP contribution in [0.1, 0.15) is 48.0 Å². The number of carbonyl (C=O) groups excluding carboxylic acids is 2. The van der Waals surface area contributed by atoms with Crippen LogP contribution in [0.15, 0.2) is 53.0 Å². The van der Waals surface area contributed by atoms with Crippen LogP contribution in [-0.4, -0.2) is 54.9 Å². The molecular formula is C26H31BrN2O3. The Morgan fingerprint density at radius 3 is 2.47 bits per heavy atom. The Morgan fingerprint density at radius 2 is 1.69 bits per heavy atom. The van der Waals surface area contributed by atoms with Gasteiger partial charge >= 0.3 is 0 Å². The number of nitrogens with zero attached hydrogens (tertiary/aromatic N) is 2. The molecule has 1 saturated heterocycles. The second-order valence-electron chi connectivity index (χ2n) is 8.94. The predicted octanol–water partition coefficient (Wildman–Crippen LogP) is 4.94. The van der Waals surface area contributed by atoms with Crippen molar-refractivity contribution < 1.29 is 14.3 Å². The van der Waals surface area contributed by atoms with Gasteiger partial charge in [0.2, 0.25) is 5.91 Å². The average molecular weight is 499 g/mol. The topological polar surface area (TPSA) is 49.9 Å². The quantitative estimate of drug-likeness (QED) is 0.559. The van der Waals surface area contributed by atoms with E-state index in [1.807, 2.05) is 53.2 Å². The Labute approximate surface area is 198 Å². The number of hydrogen-bond acceptors (Lipinski definition) is 3. The molecule has 0 bridgehead atoms. The second kappa shape index (κ2) is 10.1. The number of ether oxygens (including phenoxy) is 1. The summed E-state index contributed by atoms with van der Waals surface area (Å²) in [6.07, 6.45) is 5.28. The zero-order valence-corrected chi connectivity index (χ0v) is 20.3. The van der Waals surface area contributed by atoms with Gasteiger partial charge in [0, 0.05) is 24.6 Å². The van der Waals surface area contributed by atoms with Gasteiger partial charge in [-0.25, -0.2) is 0 Å². The lowest BCUT2D eigenvalue weighted by Gasteiger charge is -2.43. The van der Waals surface area contributed by atoms with Crippen LogP contribution in [-0.2, 0) is 11.2 Å². The third-order valence-corrected chi connectivity index (χ3v) is 7.61. The molecule has 6 heteroatoms. The minimum absolute atomic E-state index is 0.0336. The molecular weight excluding hydrogens is 468 g/mol. The summed E-state index contributed by atoms with van der Waals surface area (Å²) in [5.41, 5.74) is 1.53. The van der Waals surface area contributed by atoms with Crippen LogP contribution < -0.4 is 4.74 Å². The molecule has 170 valence electrons. The smallest absolute Gasteiger partial charge is 0.254 e. The average Bonchev–Trinajstić information content (AvgIpc) is 2.82. The molecule has 4 rings (SSSR count). The Balaban J connectivity index is 1.47. The maximum Gasteiger partial charge on any atom is 0.254 e. The molecule has 2 aliphatic rings. The lowest BCUT2D eigenvalue weighted by atomic mass is 9.73. The van der Waals surface area contributed by atoms with Crippen molar-refractivity contribution in [1.82, 2.24) is 9.80 Å². The van der Waals surface area contributed by atoms with Crippen molar-refractivity contribution in [1.29, 1.82) is 0 Å². The number of piperidine rings is 1. The molecule has 1 spiro atoms. The zero-order chi connectivity index (χ0) is 22.6. The van der Waals surface area contributed by atoms with Crippen LogP contribution in [0.4, 0.5) is 0 Å².